The molecule has 1 atom stereocenters. The summed E-state index contributed by atoms with van der Waals surface area (Å²) in [5.41, 5.74) is 20.1. The molecule has 1 heteroatoms. The van der Waals surface area contributed by atoms with Crippen molar-refractivity contribution in [2.45, 2.75) is 110 Å². The Hall–Kier alpha value is -2.63. The molecule has 0 bridgehead atoms. The third-order valence-corrected chi connectivity index (χ3v) is 21.2. The second kappa shape index (κ2) is 11.2. The molecule has 0 amide bonds. The van der Waals surface area contributed by atoms with Crippen LogP contribution in [0.1, 0.15) is 138 Å². The predicted molar refractivity (Wildman–Crippen MR) is 202 cm³/mol. The molecule has 0 N–H and O–H groups in total. The molecule has 242 valence electrons. The fourth-order valence-electron chi connectivity index (χ4n) is 9.79. The first kappa shape index (κ1) is 32.9. The van der Waals surface area contributed by atoms with E-state index >= 15 is 0 Å². The Morgan fingerprint density at radius 3 is 1.70 bits per heavy atom. The van der Waals surface area contributed by atoms with Crippen molar-refractivity contribution in [3.8, 4) is 11.1 Å². The minimum absolute atomic E-state index is 0.0482. The van der Waals surface area contributed by atoms with Crippen LogP contribution in [-0.4, -0.2) is 3.21 Å². The van der Waals surface area contributed by atoms with Crippen molar-refractivity contribution in [2.24, 2.45) is 11.3 Å². The van der Waals surface area contributed by atoms with Crippen molar-refractivity contribution in [3.63, 3.8) is 0 Å². The van der Waals surface area contributed by atoms with Gasteiger partial charge in [-0.2, -0.15) is 0 Å². The molecule has 3 aromatic rings. The Kier molecular flexibility index (Phi) is 7.84. The zero-order valence-electron chi connectivity index (χ0n) is 31.0. The van der Waals surface area contributed by atoms with Gasteiger partial charge in [0.2, 0.25) is 0 Å². The topological polar surface area (TPSA) is 0 Å². The van der Waals surface area contributed by atoms with Crippen LogP contribution >= 0.6 is 0 Å². The van der Waals surface area contributed by atoms with Crippen LogP contribution in [0.4, 0.5) is 0 Å². The van der Waals surface area contributed by atoms with Gasteiger partial charge in [0.25, 0.3) is 0 Å². The van der Waals surface area contributed by atoms with Gasteiger partial charge in [-0.15, -0.1) is 0 Å². The van der Waals surface area contributed by atoms with Gasteiger partial charge < -0.3 is 0 Å². The van der Waals surface area contributed by atoms with Crippen LogP contribution < -0.4 is 0 Å². The van der Waals surface area contributed by atoms with E-state index < -0.39 is 21.3 Å². The zero-order valence-corrected chi connectivity index (χ0v) is 33.5. The summed E-state index contributed by atoms with van der Waals surface area (Å²) in [6, 6.07) is 22.2. The Morgan fingerprint density at radius 2 is 1.26 bits per heavy atom. The fourth-order valence-corrected chi connectivity index (χ4v) is 20.0. The average molecular weight is 698 g/mol. The van der Waals surface area contributed by atoms with Gasteiger partial charge in [-0.05, 0) is 0 Å². The standard InChI is InChI=1S/C25H25.C12H19.C9H10.Zr/c1-14-12-24(3,4)22-8-16-7-17-9-23-19(15(2)13-25(23,5)6)11-21(17)20(16)10-18(14)22;1-6-10-7-9(2)8-11(10)12(3,4)5;1-2-6-9-7-4-3-5-8-9;/h7-13H,1-6H3;8-9H,6H2,1-5H3;3-5,7-8H,2H2,1H3;. The SMILES string of the molecule is CCC1=[C]([Zr](=[C](CC)c2ccccc2)[CH]2c3cc4c(cc3-c3cc5c(cc32)C(C)(C)C=C5C)C(C)=CC4(C)C)C(C)C=C1C(C)(C)C. The summed E-state index contributed by atoms with van der Waals surface area (Å²) in [7, 11) is 0. The van der Waals surface area contributed by atoms with E-state index in [0.29, 0.717) is 9.54 Å². The molecule has 7 rings (SSSR count). The Bertz CT molecular complexity index is 1910. The van der Waals surface area contributed by atoms with Gasteiger partial charge in [-0.25, -0.2) is 0 Å². The molecule has 0 heterocycles. The molecule has 0 fully saturated rings. The predicted octanol–water partition coefficient (Wildman–Crippen LogP) is 12.7. The van der Waals surface area contributed by atoms with Crippen molar-refractivity contribution in [2.75, 3.05) is 0 Å². The van der Waals surface area contributed by atoms with Gasteiger partial charge in [0.1, 0.15) is 0 Å². The molecular weight excluding hydrogens is 644 g/mol. The number of fused-ring (bicyclic) bond motifs is 5. The molecule has 4 aliphatic rings. The summed E-state index contributed by atoms with van der Waals surface area (Å²) in [5.74, 6) is 0.482. The molecule has 0 nitrogen and oxygen atoms in total. The summed E-state index contributed by atoms with van der Waals surface area (Å²) >= 11 is -2.75. The van der Waals surface area contributed by atoms with Crippen molar-refractivity contribution >= 4 is 14.4 Å². The minimum atomic E-state index is -2.75. The van der Waals surface area contributed by atoms with Crippen LogP contribution in [0, 0.1) is 11.3 Å². The van der Waals surface area contributed by atoms with Gasteiger partial charge in [0.15, 0.2) is 0 Å². The van der Waals surface area contributed by atoms with Crippen LogP contribution in [0.25, 0.3) is 22.3 Å². The summed E-state index contributed by atoms with van der Waals surface area (Å²) in [4.78, 5) is 0. The van der Waals surface area contributed by atoms with Gasteiger partial charge in [0.05, 0.1) is 0 Å². The second-order valence-corrected chi connectivity index (χ2v) is 23.2. The monoisotopic (exact) mass is 696 g/mol. The molecule has 0 spiro atoms. The van der Waals surface area contributed by atoms with Gasteiger partial charge in [-0.3, -0.25) is 0 Å². The normalized spacial score (nSPS) is 21.2. The van der Waals surface area contributed by atoms with Crippen molar-refractivity contribution in [3.05, 3.63) is 126 Å². The van der Waals surface area contributed by atoms with E-state index in [1.807, 2.05) is 3.28 Å². The van der Waals surface area contributed by atoms with E-state index in [0.717, 1.165) is 12.8 Å². The number of allylic oxidation sites excluding steroid dienone is 8. The summed E-state index contributed by atoms with van der Waals surface area (Å²) in [5, 5.41) is 0. The average Bonchev–Trinajstić information content (AvgIpc) is 3.65. The van der Waals surface area contributed by atoms with Crippen LogP contribution in [0.3, 0.4) is 0 Å². The van der Waals surface area contributed by atoms with Crippen molar-refractivity contribution < 1.29 is 21.3 Å². The maximum atomic E-state index is 2.70. The molecular formula is C46H54Zr. The summed E-state index contributed by atoms with van der Waals surface area (Å²) < 4.78 is 4.08. The van der Waals surface area contributed by atoms with E-state index in [9.17, 15) is 0 Å². The molecule has 47 heavy (non-hydrogen) atoms. The van der Waals surface area contributed by atoms with E-state index in [1.54, 1.807) is 25.5 Å². The maximum absolute atomic E-state index is 2.75. The first-order valence-electron chi connectivity index (χ1n) is 18.1. The third kappa shape index (κ3) is 5.04. The number of rotatable bonds is 5. The van der Waals surface area contributed by atoms with E-state index in [4.69, 9.17) is 0 Å². The van der Waals surface area contributed by atoms with Crippen LogP contribution in [0.15, 0.2) is 87.3 Å². The zero-order chi connectivity index (χ0) is 33.8. The van der Waals surface area contributed by atoms with Gasteiger partial charge >= 0.3 is 295 Å². The van der Waals surface area contributed by atoms with Crippen molar-refractivity contribution in [1.29, 1.82) is 0 Å². The molecule has 0 aromatic heterocycles. The van der Waals surface area contributed by atoms with E-state index in [-0.39, 0.29) is 16.2 Å². The molecule has 0 aliphatic heterocycles. The summed E-state index contributed by atoms with van der Waals surface area (Å²) in [6.45, 7) is 29.0. The van der Waals surface area contributed by atoms with Gasteiger partial charge in [-0.1, -0.05) is 0 Å². The molecule has 3 aromatic carbocycles. The molecule has 4 aliphatic carbocycles. The quantitative estimate of drug-likeness (QED) is 0.249. The number of hydrogen-bond donors (Lipinski definition) is 0. The fraction of sp³-hybridized carbons (Fsp3) is 0.413. The summed E-state index contributed by atoms with van der Waals surface area (Å²) in [6.07, 6.45) is 9.91. The Morgan fingerprint density at radius 1 is 0.745 bits per heavy atom. The third-order valence-electron chi connectivity index (χ3n) is 11.7. The van der Waals surface area contributed by atoms with Crippen molar-refractivity contribution in [1.82, 2.24) is 0 Å². The Labute approximate surface area is 293 Å². The van der Waals surface area contributed by atoms with Crippen LogP contribution in [0.5, 0.6) is 0 Å². The molecule has 0 radical (unpaired) electrons. The Balaban J connectivity index is 1.62. The number of hydrogen-bond acceptors (Lipinski definition) is 0. The van der Waals surface area contributed by atoms with E-state index in [2.05, 4.69) is 156 Å². The molecule has 1 unspecified atom stereocenters. The molecule has 0 saturated carbocycles. The first-order valence-corrected chi connectivity index (χ1v) is 22.0. The van der Waals surface area contributed by atoms with E-state index in [1.165, 1.54) is 50.1 Å². The van der Waals surface area contributed by atoms with Crippen LogP contribution in [0.2, 0.25) is 0 Å². The van der Waals surface area contributed by atoms with Crippen LogP contribution in [-0.2, 0) is 32.1 Å². The first-order chi connectivity index (χ1) is 22.1. The second-order valence-electron chi connectivity index (χ2n) is 17.0. The van der Waals surface area contributed by atoms with Gasteiger partial charge in [0, 0.05) is 0 Å². The number of benzene rings is 3. The molecule has 0 saturated heterocycles.